The summed E-state index contributed by atoms with van der Waals surface area (Å²) in [4.78, 5) is 25.1. The van der Waals surface area contributed by atoms with Crippen LogP contribution in [0, 0.1) is 11.8 Å². The highest BCUT2D eigenvalue weighted by Crippen LogP contribution is 2.41. The molecular formula is C22H22N4O5. The van der Waals surface area contributed by atoms with E-state index < -0.39 is 5.91 Å². The number of carbonyl (C=O) groups excluding carboxylic acids is 1. The van der Waals surface area contributed by atoms with Crippen LogP contribution in [-0.2, 0) is 0 Å². The zero-order valence-corrected chi connectivity index (χ0v) is 16.9. The molecule has 0 unspecified atom stereocenters. The van der Waals surface area contributed by atoms with Gasteiger partial charge in [0.05, 0.1) is 13.7 Å². The number of aliphatic hydroxyl groups excluding tert-OH is 1. The number of nitrogens with two attached hydrogens (primary N) is 1. The summed E-state index contributed by atoms with van der Waals surface area (Å²) in [7, 11) is 1.51. The van der Waals surface area contributed by atoms with Crippen LogP contribution in [0.25, 0.3) is 11.4 Å². The van der Waals surface area contributed by atoms with Crippen LogP contribution in [0.1, 0.15) is 16.9 Å². The first-order valence-corrected chi connectivity index (χ1v) is 9.77. The van der Waals surface area contributed by atoms with Gasteiger partial charge in [-0.2, -0.15) is 4.98 Å². The number of rotatable bonds is 9. The van der Waals surface area contributed by atoms with Crippen molar-refractivity contribution in [3.63, 3.8) is 0 Å². The van der Waals surface area contributed by atoms with E-state index in [0.717, 1.165) is 6.42 Å². The normalized spacial score (nSPS) is 17.1. The molecule has 3 N–H and O–H groups in total. The third-order valence-electron chi connectivity index (χ3n) is 5.03. The van der Waals surface area contributed by atoms with Crippen LogP contribution >= 0.6 is 0 Å². The quantitative estimate of drug-likeness (QED) is 0.538. The molecular weight excluding hydrogens is 400 g/mol. The number of nitrogens with zero attached hydrogens (tertiary/aromatic N) is 3. The number of benzene rings is 1. The van der Waals surface area contributed by atoms with Crippen LogP contribution in [0.15, 0.2) is 48.8 Å². The van der Waals surface area contributed by atoms with Crippen molar-refractivity contribution in [2.24, 2.45) is 17.6 Å². The van der Waals surface area contributed by atoms with Gasteiger partial charge in [-0.25, -0.2) is 4.98 Å². The zero-order chi connectivity index (χ0) is 21.8. The number of methoxy groups -OCH3 is 1. The molecule has 2 atom stereocenters. The lowest BCUT2D eigenvalue weighted by atomic mass is 10.2. The molecule has 2 heterocycles. The van der Waals surface area contributed by atoms with Gasteiger partial charge in [-0.1, -0.05) is 12.1 Å². The fourth-order valence-corrected chi connectivity index (χ4v) is 3.15. The van der Waals surface area contributed by atoms with Gasteiger partial charge in [0.15, 0.2) is 23.0 Å². The monoisotopic (exact) mass is 422 g/mol. The maximum Gasteiger partial charge on any atom is 0.271 e. The summed E-state index contributed by atoms with van der Waals surface area (Å²) < 4.78 is 17.3. The highest BCUT2D eigenvalue weighted by molar-refractivity contribution is 5.95. The van der Waals surface area contributed by atoms with E-state index in [1.54, 1.807) is 48.8 Å². The largest absolute Gasteiger partial charge is 0.493 e. The van der Waals surface area contributed by atoms with Gasteiger partial charge in [0, 0.05) is 24.6 Å². The maximum atomic E-state index is 12.3. The molecule has 1 aliphatic rings. The second-order valence-corrected chi connectivity index (χ2v) is 7.13. The molecule has 1 amide bonds. The van der Waals surface area contributed by atoms with Gasteiger partial charge in [-0.05, 0) is 42.5 Å². The van der Waals surface area contributed by atoms with Crippen molar-refractivity contribution in [2.75, 3.05) is 20.3 Å². The van der Waals surface area contributed by atoms with Gasteiger partial charge in [-0.3, -0.25) is 9.78 Å². The number of pyridine rings is 1. The van der Waals surface area contributed by atoms with E-state index in [1.807, 2.05) is 0 Å². The number of carbonyl (C=O) groups is 1. The van der Waals surface area contributed by atoms with Gasteiger partial charge < -0.3 is 25.1 Å². The third kappa shape index (κ3) is 4.56. The molecule has 1 aromatic carbocycles. The van der Waals surface area contributed by atoms with Crippen LogP contribution in [0.4, 0.5) is 0 Å². The second-order valence-electron chi connectivity index (χ2n) is 7.13. The predicted octanol–water partition coefficient (Wildman–Crippen LogP) is 2.45. The molecule has 1 fully saturated rings. The Morgan fingerprint density at radius 1 is 1.13 bits per heavy atom. The first-order chi connectivity index (χ1) is 15.1. The molecule has 9 heteroatoms. The molecule has 0 saturated heterocycles. The van der Waals surface area contributed by atoms with E-state index in [1.165, 1.54) is 7.11 Å². The van der Waals surface area contributed by atoms with E-state index >= 15 is 0 Å². The molecule has 2 aromatic heterocycles. The molecule has 4 rings (SSSR count). The van der Waals surface area contributed by atoms with E-state index in [0.29, 0.717) is 23.7 Å². The van der Waals surface area contributed by atoms with Crippen molar-refractivity contribution >= 4 is 5.91 Å². The molecule has 0 radical (unpaired) electrons. The van der Waals surface area contributed by atoms with Crippen molar-refractivity contribution in [3.8, 4) is 34.5 Å². The SMILES string of the molecule is COc1ccccc1Oc1c(OC[C@@H]2C[C@H]2CO)nc(-c2ccncc2)nc1C(N)=O. The Labute approximate surface area is 178 Å². The van der Waals surface area contributed by atoms with Gasteiger partial charge in [0.2, 0.25) is 5.75 Å². The highest BCUT2D eigenvalue weighted by atomic mass is 16.5. The first kappa shape index (κ1) is 20.5. The Hall–Kier alpha value is -3.72. The second kappa shape index (κ2) is 8.97. The smallest absolute Gasteiger partial charge is 0.271 e. The summed E-state index contributed by atoms with van der Waals surface area (Å²) in [5.74, 6) is 0.805. The van der Waals surface area contributed by atoms with Crippen LogP contribution < -0.4 is 19.9 Å². The van der Waals surface area contributed by atoms with Crippen molar-refractivity contribution in [3.05, 3.63) is 54.5 Å². The fourth-order valence-electron chi connectivity index (χ4n) is 3.15. The van der Waals surface area contributed by atoms with Gasteiger partial charge >= 0.3 is 0 Å². The van der Waals surface area contributed by atoms with Crippen LogP contribution in [0.3, 0.4) is 0 Å². The maximum absolute atomic E-state index is 12.3. The number of aromatic nitrogens is 3. The summed E-state index contributed by atoms with van der Waals surface area (Å²) >= 11 is 0. The van der Waals surface area contributed by atoms with Crippen LogP contribution in [-0.4, -0.2) is 46.3 Å². The van der Waals surface area contributed by atoms with Crippen LogP contribution in [0.2, 0.25) is 0 Å². The Morgan fingerprint density at radius 3 is 2.52 bits per heavy atom. The van der Waals surface area contributed by atoms with E-state index in [-0.39, 0.29) is 41.6 Å². The standard InChI is InChI=1S/C22H22N4O5/c1-29-16-4-2-3-5-17(16)31-19-18(20(23)28)25-21(13-6-8-24-9-7-13)26-22(19)30-12-15-10-14(15)11-27/h2-9,14-15,27H,10-12H2,1H3,(H2,23,28)/t14-,15-/m0/s1. The van der Waals surface area contributed by atoms with E-state index in [4.69, 9.17) is 19.9 Å². The van der Waals surface area contributed by atoms with Crippen LogP contribution in [0.5, 0.6) is 23.1 Å². The fraction of sp³-hybridized carbons (Fsp3) is 0.273. The molecule has 0 bridgehead atoms. The predicted molar refractivity (Wildman–Crippen MR) is 111 cm³/mol. The number of hydrogen-bond donors (Lipinski definition) is 2. The van der Waals surface area contributed by atoms with E-state index in [2.05, 4.69) is 15.0 Å². The third-order valence-corrected chi connectivity index (χ3v) is 5.03. The molecule has 1 aliphatic carbocycles. The lowest BCUT2D eigenvalue weighted by Gasteiger charge is -2.16. The Morgan fingerprint density at radius 2 is 1.87 bits per heavy atom. The minimum absolute atomic E-state index is 0.0102. The Balaban J connectivity index is 1.77. The van der Waals surface area contributed by atoms with Gasteiger partial charge in [0.25, 0.3) is 11.8 Å². The summed E-state index contributed by atoms with van der Waals surface area (Å²) in [6.45, 7) is 0.426. The van der Waals surface area contributed by atoms with Crippen molar-refractivity contribution in [1.29, 1.82) is 0 Å². The molecule has 31 heavy (non-hydrogen) atoms. The summed E-state index contributed by atoms with van der Waals surface area (Å²) in [6, 6.07) is 10.4. The van der Waals surface area contributed by atoms with Crippen molar-refractivity contribution in [1.82, 2.24) is 15.0 Å². The molecule has 3 aromatic rings. The Kier molecular flexibility index (Phi) is 5.94. The summed E-state index contributed by atoms with van der Waals surface area (Å²) in [5, 5.41) is 9.30. The minimum atomic E-state index is -0.785. The molecule has 9 nitrogen and oxygen atoms in total. The molecule has 0 spiro atoms. The number of para-hydroxylation sites is 2. The number of ether oxygens (including phenoxy) is 3. The summed E-state index contributed by atoms with van der Waals surface area (Å²) in [5.41, 5.74) is 6.16. The lowest BCUT2D eigenvalue weighted by Crippen LogP contribution is -2.17. The first-order valence-electron chi connectivity index (χ1n) is 9.77. The highest BCUT2D eigenvalue weighted by Gasteiger charge is 2.37. The average molecular weight is 422 g/mol. The van der Waals surface area contributed by atoms with Gasteiger partial charge in [0.1, 0.15) is 0 Å². The minimum Gasteiger partial charge on any atom is -0.493 e. The zero-order valence-electron chi connectivity index (χ0n) is 16.9. The topological polar surface area (TPSA) is 130 Å². The van der Waals surface area contributed by atoms with E-state index in [9.17, 15) is 9.90 Å². The number of aliphatic hydroxyl groups is 1. The van der Waals surface area contributed by atoms with Crippen molar-refractivity contribution in [2.45, 2.75) is 6.42 Å². The average Bonchev–Trinajstić information content (AvgIpc) is 3.57. The molecule has 160 valence electrons. The van der Waals surface area contributed by atoms with Crippen molar-refractivity contribution < 1.29 is 24.1 Å². The molecule has 1 saturated carbocycles. The van der Waals surface area contributed by atoms with Gasteiger partial charge in [-0.15, -0.1) is 0 Å². The lowest BCUT2D eigenvalue weighted by molar-refractivity contribution is 0.0991. The molecule has 0 aliphatic heterocycles. The number of hydrogen-bond acceptors (Lipinski definition) is 8. The number of primary amides is 1. The summed E-state index contributed by atoms with van der Waals surface area (Å²) in [6.07, 6.45) is 4.06. The number of amides is 1. The Bertz CT molecular complexity index is 1080.